The summed E-state index contributed by atoms with van der Waals surface area (Å²) in [5, 5.41) is 12.4. The molecular weight excluding hydrogens is 396 g/mol. The van der Waals surface area contributed by atoms with Gasteiger partial charge in [-0.15, -0.1) is 0 Å². The predicted octanol–water partition coefficient (Wildman–Crippen LogP) is 1.68. The molecule has 0 amide bonds. The third-order valence-electron chi connectivity index (χ3n) is 4.37. The fraction of sp³-hybridized carbons (Fsp3) is 0.333. The van der Waals surface area contributed by atoms with Crippen molar-refractivity contribution in [2.75, 3.05) is 11.9 Å². The molecule has 0 aliphatic rings. The molecule has 2 heterocycles. The second-order valence-corrected chi connectivity index (χ2v) is 8.33. The van der Waals surface area contributed by atoms with Crippen LogP contribution in [0.2, 0.25) is 0 Å². The number of hydrogen-bond acceptors (Lipinski definition) is 7. The molecule has 0 saturated heterocycles. The molecule has 0 radical (unpaired) electrons. The first-order chi connectivity index (χ1) is 13.9. The van der Waals surface area contributed by atoms with E-state index >= 15 is 0 Å². The second kappa shape index (κ2) is 8.97. The van der Waals surface area contributed by atoms with Gasteiger partial charge in [0.05, 0.1) is 11.2 Å². The Morgan fingerprint density at radius 1 is 1.17 bits per heavy atom. The number of sulfonamides is 1. The minimum absolute atomic E-state index is 0.209. The van der Waals surface area contributed by atoms with Crippen LogP contribution in [0.25, 0.3) is 11.2 Å². The number of fused-ring (bicyclic) bond motifs is 1. The molecule has 0 saturated carbocycles. The Bertz CT molecular complexity index is 1080. The molecule has 2 aromatic heterocycles. The highest BCUT2D eigenvalue weighted by atomic mass is 32.2. The zero-order chi connectivity index (χ0) is 20.9. The molecule has 10 nitrogen and oxygen atoms in total. The molecule has 1 aromatic carbocycles. The SMILES string of the molecule is Cc1ccc(S(=O)(=O)NCCCCC(Nc2ncnc3nc[nH]c23)C(=O)O)cc1. The number of nitrogens with one attached hydrogen (secondary N) is 3. The lowest BCUT2D eigenvalue weighted by molar-refractivity contribution is -0.138. The van der Waals surface area contributed by atoms with Crippen molar-refractivity contribution < 1.29 is 18.3 Å². The first-order valence-corrected chi connectivity index (χ1v) is 10.5. The van der Waals surface area contributed by atoms with Gasteiger partial charge in [-0.05, 0) is 38.3 Å². The quantitative estimate of drug-likeness (QED) is 0.363. The number of nitrogens with zero attached hydrogens (tertiary/aromatic N) is 3. The number of aromatic amines is 1. The Labute approximate surface area is 167 Å². The van der Waals surface area contributed by atoms with E-state index < -0.39 is 22.0 Å². The number of H-pyrrole nitrogens is 1. The number of benzene rings is 1. The summed E-state index contributed by atoms with van der Waals surface area (Å²) in [5.41, 5.74) is 1.95. The van der Waals surface area contributed by atoms with E-state index in [1.807, 2.05) is 6.92 Å². The van der Waals surface area contributed by atoms with E-state index in [0.717, 1.165) is 5.56 Å². The smallest absolute Gasteiger partial charge is 0.326 e. The number of aliphatic carboxylic acids is 1. The van der Waals surface area contributed by atoms with E-state index in [9.17, 15) is 18.3 Å². The van der Waals surface area contributed by atoms with Gasteiger partial charge in [-0.2, -0.15) is 0 Å². The standard InChI is InChI=1S/C18H22N6O4S/c1-12-5-7-13(8-6-12)29(27,28)23-9-3-2-4-14(18(25)26)24-17-15-16(20-10-19-15)21-11-22-17/h5-8,10-11,14,23H,2-4,9H2,1H3,(H,25,26)(H2,19,20,21,22,24). The predicted molar refractivity (Wildman–Crippen MR) is 107 cm³/mol. The van der Waals surface area contributed by atoms with Crippen LogP contribution >= 0.6 is 0 Å². The topological polar surface area (TPSA) is 150 Å². The summed E-state index contributed by atoms with van der Waals surface area (Å²) >= 11 is 0. The van der Waals surface area contributed by atoms with E-state index in [2.05, 4.69) is 30.0 Å². The Morgan fingerprint density at radius 3 is 2.66 bits per heavy atom. The van der Waals surface area contributed by atoms with Crippen molar-refractivity contribution >= 4 is 33.0 Å². The average molecular weight is 418 g/mol. The van der Waals surface area contributed by atoms with Gasteiger partial charge in [-0.3, -0.25) is 0 Å². The lowest BCUT2D eigenvalue weighted by Gasteiger charge is -2.15. The van der Waals surface area contributed by atoms with E-state index in [4.69, 9.17) is 0 Å². The summed E-state index contributed by atoms with van der Waals surface area (Å²) in [5.74, 6) is -0.656. The molecule has 0 spiro atoms. The number of imidazole rings is 1. The summed E-state index contributed by atoms with van der Waals surface area (Å²) < 4.78 is 27.0. The van der Waals surface area contributed by atoms with Crippen LogP contribution in [-0.4, -0.2) is 52.0 Å². The van der Waals surface area contributed by atoms with E-state index in [1.165, 1.54) is 12.7 Å². The summed E-state index contributed by atoms with van der Waals surface area (Å²) in [7, 11) is -3.57. The van der Waals surface area contributed by atoms with Gasteiger partial charge in [0.1, 0.15) is 17.9 Å². The molecule has 3 rings (SSSR count). The van der Waals surface area contributed by atoms with Crippen molar-refractivity contribution in [3.05, 3.63) is 42.5 Å². The molecular formula is C18H22N6O4S. The second-order valence-electron chi connectivity index (χ2n) is 6.57. The summed E-state index contributed by atoms with van der Waals surface area (Å²) in [6, 6.07) is 5.72. The first kappa shape index (κ1) is 20.7. The number of carboxylic acids is 1. The van der Waals surface area contributed by atoms with Crippen LogP contribution in [0.4, 0.5) is 5.82 Å². The van der Waals surface area contributed by atoms with E-state index in [0.29, 0.717) is 36.2 Å². The zero-order valence-electron chi connectivity index (χ0n) is 15.8. The van der Waals surface area contributed by atoms with Crippen LogP contribution in [0.15, 0.2) is 41.8 Å². The number of rotatable bonds is 10. The van der Waals surface area contributed by atoms with Gasteiger partial charge in [-0.1, -0.05) is 17.7 Å². The monoisotopic (exact) mass is 418 g/mol. The molecule has 1 unspecified atom stereocenters. The van der Waals surface area contributed by atoms with Crippen LogP contribution in [0.1, 0.15) is 24.8 Å². The van der Waals surface area contributed by atoms with Crippen molar-refractivity contribution in [3.63, 3.8) is 0 Å². The summed E-state index contributed by atoms with van der Waals surface area (Å²) in [6.07, 6.45) is 4.09. The van der Waals surface area contributed by atoms with Gasteiger partial charge in [0.2, 0.25) is 10.0 Å². The van der Waals surface area contributed by atoms with Gasteiger partial charge in [0.15, 0.2) is 11.5 Å². The normalized spacial score (nSPS) is 12.7. The van der Waals surface area contributed by atoms with Crippen LogP contribution in [-0.2, 0) is 14.8 Å². The molecule has 0 aliphatic carbocycles. The van der Waals surface area contributed by atoms with E-state index in [1.54, 1.807) is 24.3 Å². The van der Waals surface area contributed by atoms with Crippen molar-refractivity contribution in [1.29, 1.82) is 0 Å². The number of carboxylic acid groups (broad SMARTS) is 1. The number of aryl methyl sites for hydroxylation is 1. The maximum atomic E-state index is 12.2. The summed E-state index contributed by atoms with van der Waals surface area (Å²) in [4.78, 5) is 26.7. The highest BCUT2D eigenvalue weighted by Crippen LogP contribution is 2.17. The fourth-order valence-electron chi connectivity index (χ4n) is 2.78. The first-order valence-electron chi connectivity index (χ1n) is 9.06. The van der Waals surface area contributed by atoms with Crippen LogP contribution in [0.5, 0.6) is 0 Å². The summed E-state index contributed by atoms with van der Waals surface area (Å²) in [6.45, 7) is 2.11. The average Bonchev–Trinajstić information content (AvgIpc) is 3.16. The Kier molecular flexibility index (Phi) is 6.39. The fourth-order valence-corrected chi connectivity index (χ4v) is 3.85. The number of anilines is 1. The third kappa shape index (κ3) is 5.27. The van der Waals surface area contributed by atoms with Gasteiger partial charge in [0.25, 0.3) is 0 Å². The molecule has 29 heavy (non-hydrogen) atoms. The molecule has 0 bridgehead atoms. The van der Waals surface area contributed by atoms with Crippen LogP contribution in [0, 0.1) is 6.92 Å². The zero-order valence-corrected chi connectivity index (χ0v) is 16.6. The minimum atomic E-state index is -3.57. The van der Waals surface area contributed by atoms with Crippen LogP contribution in [0.3, 0.4) is 0 Å². The molecule has 4 N–H and O–H groups in total. The lowest BCUT2D eigenvalue weighted by atomic mass is 10.1. The molecule has 0 aliphatic heterocycles. The van der Waals surface area contributed by atoms with Gasteiger partial charge >= 0.3 is 5.97 Å². The molecule has 3 aromatic rings. The van der Waals surface area contributed by atoms with E-state index in [-0.39, 0.29) is 11.4 Å². The van der Waals surface area contributed by atoms with Gasteiger partial charge in [0, 0.05) is 6.54 Å². The Hall–Kier alpha value is -3.05. The van der Waals surface area contributed by atoms with Gasteiger partial charge in [-0.25, -0.2) is 32.9 Å². The molecule has 0 fully saturated rings. The minimum Gasteiger partial charge on any atom is -0.480 e. The number of hydrogen-bond donors (Lipinski definition) is 4. The number of carbonyl (C=O) groups is 1. The van der Waals surface area contributed by atoms with Crippen LogP contribution < -0.4 is 10.0 Å². The Balaban J connectivity index is 1.50. The molecule has 11 heteroatoms. The van der Waals surface area contributed by atoms with Crippen molar-refractivity contribution in [2.24, 2.45) is 0 Å². The van der Waals surface area contributed by atoms with Gasteiger partial charge < -0.3 is 15.4 Å². The maximum Gasteiger partial charge on any atom is 0.326 e. The highest BCUT2D eigenvalue weighted by molar-refractivity contribution is 7.89. The largest absolute Gasteiger partial charge is 0.480 e. The number of aromatic nitrogens is 4. The Morgan fingerprint density at radius 2 is 1.93 bits per heavy atom. The van der Waals surface area contributed by atoms with Crippen molar-refractivity contribution in [2.45, 2.75) is 37.1 Å². The highest BCUT2D eigenvalue weighted by Gasteiger charge is 2.19. The van der Waals surface area contributed by atoms with Crippen molar-refractivity contribution in [1.82, 2.24) is 24.7 Å². The maximum absolute atomic E-state index is 12.2. The number of unbranched alkanes of at least 4 members (excludes halogenated alkanes) is 1. The van der Waals surface area contributed by atoms with Crippen molar-refractivity contribution in [3.8, 4) is 0 Å². The molecule has 1 atom stereocenters. The molecule has 154 valence electrons. The third-order valence-corrected chi connectivity index (χ3v) is 5.85. The lowest BCUT2D eigenvalue weighted by Crippen LogP contribution is -2.30.